The number of carbonyl (C=O) groups is 5. The number of aromatic amines is 1. The Bertz CT molecular complexity index is 1240. The van der Waals surface area contributed by atoms with Crippen molar-refractivity contribution in [1.82, 2.24) is 20.9 Å². The summed E-state index contributed by atoms with van der Waals surface area (Å²) in [4.78, 5) is 68.6. The zero-order valence-corrected chi connectivity index (χ0v) is 21.6. The lowest BCUT2D eigenvalue weighted by atomic mass is 10.0. The number of fused-ring (bicyclic) bond motifs is 1. The molecule has 0 radical (unpaired) electrons. The number of primary amides is 1. The second kappa shape index (κ2) is 15.0. The highest BCUT2D eigenvalue weighted by molar-refractivity contribution is 5.96. The Morgan fingerprint density at radius 3 is 2.17 bits per heavy atom. The monoisotopic (exact) mass is 561 g/mol. The Morgan fingerprint density at radius 1 is 0.925 bits per heavy atom. The molecule has 2 aromatic rings. The summed E-state index contributed by atoms with van der Waals surface area (Å²) < 4.78 is 0. The highest BCUT2D eigenvalue weighted by atomic mass is 16.4. The molecule has 218 valence electrons. The number of hydrogen-bond donors (Lipinski definition) is 10. The predicted molar refractivity (Wildman–Crippen MR) is 144 cm³/mol. The van der Waals surface area contributed by atoms with E-state index in [-0.39, 0.29) is 25.3 Å². The summed E-state index contributed by atoms with van der Waals surface area (Å²) in [7, 11) is 0. The van der Waals surface area contributed by atoms with Crippen LogP contribution in [0.5, 0.6) is 0 Å². The van der Waals surface area contributed by atoms with Crippen LogP contribution in [0.2, 0.25) is 0 Å². The van der Waals surface area contributed by atoms with Gasteiger partial charge in [0.1, 0.15) is 18.1 Å². The number of nitrogens with one attached hydrogen (secondary N) is 4. The van der Waals surface area contributed by atoms with Crippen LogP contribution in [0.4, 0.5) is 0 Å². The van der Waals surface area contributed by atoms with Crippen LogP contribution in [0.3, 0.4) is 0 Å². The Balaban J connectivity index is 2.26. The lowest BCUT2D eigenvalue weighted by molar-refractivity contribution is -0.143. The lowest BCUT2D eigenvalue weighted by Crippen LogP contribution is -2.58. The molecule has 14 N–H and O–H groups in total. The summed E-state index contributed by atoms with van der Waals surface area (Å²) in [5.74, 6) is -5.18. The van der Waals surface area contributed by atoms with Crippen molar-refractivity contribution in [3.63, 3.8) is 0 Å². The molecule has 16 heteroatoms. The maximum Gasteiger partial charge on any atom is 0.328 e. The van der Waals surface area contributed by atoms with Gasteiger partial charge < -0.3 is 54.1 Å². The van der Waals surface area contributed by atoms with E-state index < -0.39 is 66.8 Å². The zero-order chi connectivity index (χ0) is 29.8. The number of rotatable bonds is 16. The van der Waals surface area contributed by atoms with Gasteiger partial charge in [0.25, 0.3) is 0 Å². The fourth-order valence-corrected chi connectivity index (χ4v) is 3.80. The van der Waals surface area contributed by atoms with E-state index in [0.29, 0.717) is 12.0 Å². The lowest BCUT2D eigenvalue weighted by Gasteiger charge is -2.24. The van der Waals surface area contributed by atoms with Crippen LogP contribution in [-0.4, -0.2) is 88.1 Å². The summed E-state index contributed by atoms with van der Waals surface area (Å²) in [6.07, 6.45) is 1.56. The summed E-state index contributed by atoms with van der Waals surface area (Å²) in [5.41, 5.74) is 23.2. The van der Waals surface area contributed by atoms with Crippen molar-refractivity contribution < 1.29 is 34.2 Å². The first-order valence-electron chi connectivity index (χ1n) is 12.3. The molecule has 0 fully saturated rings. The number of benzene rings is 1. The number of carboxylic acids is 1. The summed E-state index contributed by atoms with van der Waals surface area (Å²) in [6, 6.07) is 1.72. The molecule has 4 unspecified atom stereocenters. The molecule has 0 bridgehead atoms. The minimum Gasteiger partial charge on any atom is -0.480 e. The second-order valence-electron chi connectivity index (χ2n) is 8.99. The molecule has 2 rings (SSSR count). The average molecular weight is 562 g/mol. The van der Waals surface area contributed by atoms with E-state index in [1.54, 1.807) is 12.3 Å². The third-order valence-corrected chi connectivity index (χ3v) is 5.87. The number of guanidine groups is 1. The number of nitrogens with two attached hydrogens (primary N) is 4. The van der Waals surface area contributed by atoms with Gasteiger partial charge >= 0.3 is 5.97 Å². The van der Waals surface area contributed by atoms with Gasteiger partial charge in [0.15, 0.2) is 5.96 Å². The van der Waals surface area contributed by atoms with Crippen LogP contribution >= 0.6 is 0 Å². The average Bonchev–Trinajstić information content (AvgIpc) is 3.30. The number of aliphatic carboxylic acids is 1. The Hall–Kier alpha value is -4.70. The third kappa shape index (κ3) is 9.55. The van der Waals surface area contributed by atoms with E-state index in [4.69, 9.17) is 28.0 Å². The molecule has 40 heavy (non-hydrogen) atoms. The number of aromatic nitrogens is 1. The van der Waals surface area contributed by atoms with Crippen LogP contribution < -0.4 is 38.9 Å². The van der Waals surface area contributed by atoms with Crippen molar-refractivity contribution in [2.75, 3.05) is 13.2 Å². The Kier molecular flexibility index (Phi) is 11.8. The minimum absolute atomic E-state index is 0.0262. The molecule has 0 aliphatic carbocycles. The van der Waals surface area contributed by atoms with Gasteiger partial charge in [-0.25, -0.2) is 4.79 Å². The number of nitrogens with zero attached hydrogens (tertiary/aromatic N) is 1. The van der Waals surface area contributed by atoms with Crippen molar-refractivity contribution in [1.29, 1.82) is 0 Å². The van der Waals surface area contributed by atoms with Gasteiger partial charge in [-0.2, -0.15) is 0 Å². The third-order valence-electron chi connectivity index (χ3n) is 5.87. The fraction of sp³-hybridized carbons (Fsp3) is 0.417. The molecule has 0 saturated carbocycles. The van der Waals surface area contributed by atoms with Crippen molar-refractivity contribution in [2.45, 2.75) is 49.9 Å². The number of aliphatic hydroxyl groups excluding tert-OH is 1. The number of aliphatic hydroxyl groups is 1. The molecule has 4 amide bonds. The number of hydrogen-bond acceptors (Lipinski definition) is 8. The maximum atomic E-state index is 13.4. The molecule has 16 nitrogen and oxygen atoms in total. The Labute approximate surface area is 228 Å². The fourth-order valence-electron chi connectivity index (χ4n) is 3.80. The van der Waals surface area contributed by atoms with E-state index >= 15 is 0 Å². The first-order valence-corrected chi connectivity index (χ1v) is 12.3. The van der Waals surface area contributed by atoms with Gasteiger partial charge in [0.05, 0.1) is 19.1 Å². The molecular weight excluding hydrogens is 526 g/mol. The van der Waals surface area contributed by atoms with Crippen molar-refractivity contribution >= 4 is 46.5 Å². The first-order chi connectivity index (χ1) is 18.9. The number of amides is 4. The highest BCUT2D eigenvalue weighted by Gasteiger charge is 2.31. The van der Waals surface area contributed by atoms with Gasteiger partial charge in [-0.15, -0.1) is 0 Å². The number of aliphatic imine (C=N–C) groups is 1. The van der Waals surface area contributed by atoms with Crippen LogP contribution in [0.25, 0.3) is 10.9 Å². The predicted octanol–water partition coefficient (Wildman–Crippen LogP) is -3.50. The first kappa shape index (κ1) is 31.5. The van der Waals surface area contributed by atoms with Crippen LogP contribution in [0, 0.1) is 0 Å². The molecule has 4 atom stereocenters. The number of para-hydroxylation sites is 1. The molecule has 1 heterocycles. The SMILES string of the molecule is NC(=O)CC(NC(=O)C(Cc1c[nH]c2ccccc12)NC(=O)C(N)CCCN=C(N)N)C(=O)NC(CO)C(=O)O. The molecule has 1 aromatic heterocycles. The molecule has 0 spiro atoms. The van der Waals surface area contributed by atoms with Crippen molar-refractivity contribution in [2.24, 2.45) is 27.9 Å². The topological polar surface area (TPSA) is 294 Å². The minimum atomic E-state index is -1.68. The summed E-state index contributed by atoms with van der Waals surface area (Å²) in [6.45, 7) is -0.684. The maximum absolute atomic E-state index is 13.4. The van der Waals surface area contributed by atoms with Crippen LogP contribution in [0.1, 0.15) is 24.8 Å². The van der Waals surface area contributed by atoms with Crippen molar-refractivity contribution in [3.8, 4) is 0 Å². The van der Waals surface area contributed by atoms with Gasteiger partial charge in [0.2, 0.25) is 23.6 Å². The largest absolute Gasteiger partial charge is 0.480 e. The van der Waals surface area contributed by atoms with Gasteiger partial charge in [-0.05, 0) is 24.5 Å². The van der Waals surface area contributed by atoms with E-state index in [2.05, 4.69) is 20.6 Å². The number of carboxylic acid groups (broad SMARTS) is 1. The standard InChI is InChI=1S/C24H35N9O7/c25-14(5-3-7-29-24(27)28)20(36)31-16(8-12-10-30-15-6-2-1-4-13(12)15)21(37)32-17(9-19(26)35)22(38)33-18(11-34)23(39)40/h1-2,4,6,10,14,16-18,30,34H,3,5,7-9,11,25H2,(H2,26,35)(H,31,36)(H,32,37)(H,33,38)(H,39,40)(H4,27,28,29). The van der Waals surface area contributed by atoms with E-state index in [0.717, 1.165) is 10.9 Å². The number of carbonyl (C=O) groups excluding carboxylic acids is 4. The van der Waals surface area contributed by atoms with Gasteiger partial charge in [-0.3, -0.25) is 24.2 Å². The van der Waals surface area contributed by atoms with Crippen molar-refractivity contribution in [3.05, 3.63) is 36.0 Å². The van der Waals surface area contributed by atoms with E-state index in [9.17, 15) is 29.1 Å². The van der Waals surface area contributed by atoms with Gasteiger partial charge in [-0.1, -0.05) is 18.2 Å². The molecular formula is C24H35N9O7. The summed E-state index contributed by atoms with van der Waals surface area (Å²) in [5, 5.41) is 26.1. The highest BCUT2D eigenvalue weighted by Crippen LogP contribution is 2.19. The summed E-state index contributed by atoms with van der Waals surface area (Å²) >= 11 is 0. The van der Waals surface area contributed by atoms with Crippen LogP contribution in [0.15, 0.2) is 35.5 Å². The smallest absolute Gasteiger partial charge is 0.328 e. The van der Waals surface area contributed by atoms with Gasteiger partial charge in [0, 0.05) is 30.1 Å². The van der Waals surface area contributed by atoms with E-state index in [1.165, 1.54) is 0 Å². The second-order valence-corrected chi connectivity index (χ2v) is 8.99. The molecule has 0 saturated heterocycles. The molecule has 0 aliphatic rings. The van der Waals surface area contributed by atoms with E-state index in [1.807, 2.05) is 23.5 Å². The molecule has 1 aromatic carbocycles. The molecule has 0 aliphatic heterocycles. The quantitative estimate of drug-likeness (QED) is 0.0547. The zero-order valence-electron chi connectivity index (χ0n) is 21.6. The normalized spacial score (nSPS) is 13.8. The number of H-pyrrole nitrogens is 1. The Morgan fingerprint density at radius 2 is 1.55 bits per heavy atom. The van der Waals surface area contributed by atoms with Crippen LogP contribution in [-0.2, 0) is 30.4 Å².